The van der Waals surface area contributed by atoms with Gasteiger partial charge in [-0.25, -0.2) is 0 Å². The van der Waals surface area contributed by atoms with Gasteiger partial charge in [0.1, 0.15) is 22.3 Å². The zero-order chi connectivity index (χ0) is 32.8. The van der Waals surface area contributed by atoms with Crippen LogP contribution in [0, 0.1) is 0 Å². The van der Waals surface area contributed by atoms with Gasteiger partial charge in [-0.05, 0) is 102 Å². The Morgan fingerprint density at radius 2 is 0.800 bits per heavy atom. The molecule has 0 bridgehead atoms. The summed E-state index contributed by atoms with van der Waals surface area (Å²) < 4.78 is 12.7. The minimum absolute atomic E-state index is 0.870. The fraction of sp³-hybridized carbons (Fsp3) is 0. The second-order valence-corrected chi connectivity index (χ2v) is 13.2. The van der Waals surface area contributed by atoms with Crippen molar-refractivity contribution in [1.29, 1.82) is 0 Å². The lowest BCUT2D eigenvalue weighted by atomic mass is 9.84. The van der Waals surface area contributed by atoms with E-state index in [1.807, 2.05) is 24.3 Å². The molecule has 0 aliphatic carbocycles. The molecule has 0 fully saturated rings. The quantitative estimate of drug-likeness (QED) is 0.180. The van der Waals surface area contributed by atoms with E-state index in [1.54, 1.807) is 0 Å². The Bertz CT molecular complexity index is 3090. The third kappa shape index (κ3) is 3.90. The maximum Gasteiger partial charge on any atom is 0.136 e. The van der Waals surface area contributed by atoms with Crippen LogP contribution in [0.3, 0.4) is 0 Å². The molecular weight excluding hydrogens is 609 g/mol. The van der Waals surface area contributed by atoms with Crippen LogP contribution in [-0.4, -0.2) is 0 Å². The SMILES string of the molecule is c1cc(-c2ccc3c(c2)oc2ccc4oc5ccccc5c4c23)cc(-c2c3ccccc3c(-c3cccc4ccccc34)c3ccccc23)c1. The van der Waals surface area contributed by atoms with Gasteiger partial charge in [0.15, 0.2) is 0 Å². The first-order valence-corrected chi connectivity index (χ1v) is 17.1. The van der Waals surface area contributed by atoms with E-state index in [1.165, 1.54) is 54.6 Å². The van der Waals surface area contributed by atoms with E-state index in [0.29, 0.717) is 0 Å². The molecule has 232 valence electrons. The summed E-state index contributed by atoms with van der Waals surface area (Å²) in [5, 5.41) is 11.9. The smallest absolute Gasteiger partial charge is 0.136 e. The zero-order valence-corrected chi connectivity index (χ0v) is 27.0. The van der Waals surface area contributed by atoms with Crippen LogP contribution >= 0.6 is 0 Å². The highest BCUT2D eigenvalue weighted by Crippen LogP contribution is 2.46. The maximum absolute atomic E-state index is 6.52. The third-order valence-electron chi connectivity index (χ3n) is 10.5. The predicted molar refractivity (Wildman–Crippen MR) is 210 cm³/mol. The zero-order valence-electron chi connectivity index (χ0n) is 27.0. The summed E-state index contributed by atoms with van der Waals surface area (Å²) in [6, 6.07) is 60.9. The normalized spacial score (nSPS) is 12.0. The van der Waals surface area contributed by atoms with Crippen molar-refractivity contribution in [3.8, 4) is 33.4 Å². The molecule has 2 heteroatoms. The molecule has 0 N–H and O–H groups in total. The van der Waals surface area contributed by atoms with Gasteiger partial charge in [0.2, 0.25) is 0 Å². The standard InChI is InChI=1S/C48H28O2/c1-2-15-33-29(11-1)12-10-21-34(33)46-37-18-5-3-16-35(37)45(36-17-4-6-19-38(36)46)32-14-9-13-30(27-32)31-23-24-40-44(28-31)50-43-26-25-42-47(48(40)43)39-20-7-8-22-41(39)49-42/h1-28H. The molecule has 11 rings (SSSR count). The number of furan rings is 2. The minimum atomic E-state index is 0.870. The Labute approximate surface area is 287 Å². The summed E-state index contributed by atoms with van der Waals surface area (Å²) in [6.45, 7) is 0. The van der Waals surface area contributed by atoms with E-state index in [4.69, 9.17) is 8.83 Å². The Balaban J connectivity index is 1.12. The second-order valence-electron chi connectivity index (χ2n) is 13.2. The molecule has 9 aromatic carbocycles. The van der Waals surface area contributed by atoms with Gasteiger partial charge < -0.3 is 8.83 Å². The van der Waals surface area contributed by atoms with Gasteiger partial charge in [0.05, 0.1) is 0 Å². The summed E-state index contributed by atoms with van der Waals surface area (Å²) >= 11 is 0. The van der Waals surface area contributed by atoms with Crippen LogP contribution in [-0.2, 0) is 0 Å². The number of fused-ring (bicyclic) bond motifs is 10. The molecule has 0 saturated heterocycles. The largest absolute Gasteiger partial charge is 0.456 e. The van der Waals surface area contributed by atoms with Crippen molar-refractivity contribution in [3.05, 3.63) is 170 Å². The van der Waals surface area contributed by atoms with Crippen LogP contribution in [0.4, 0.5) is 0 Å². The fourth-order valence-electron chi connectivity index (χ4n) is 8.29. The first-order chi connectivity index (χ1) is 24.8. The molecule has 0 aliphatic rings. The van der Waals surface area contributed by atoms with E-state index >= 15 is 0 Å². The molecule has 2 nitrogen and oxygen atoms in total. The summed E-state index contributed by atoms with van der Waals surface area (Å²) in [5.41, 5.74) is 10.8. The summed E-state index contributed by atoms with van der Waals surface area (Å²) in [7, 11) is 0. The molecule has 0 amide bonds. The molecule has 0 spiro atoms. The molecule has 0 atom stereocenters. The lowest BCUT2D eigenvalue weighted by Gasteiger charge is -2.19. The molecule has 0 unspecified atom stereocenters. The Hall–Kier alpha value is -6.64. The molecule has 11 aromatic rings. The van der Waals surface area contributed by atoms with Crippen molar-refractivity contribution in [2.45, 2.75) is 0 Å². The molecule has 0 saturated carbocycles. The number of para-hydroxylation sites is 1. The first kappa shape index (κ1) is 27.3. The van der Waals surface area contributed by atoms with Gasteiger partial charge in [0, 0.05) is 21.5 Å². The Morgan fingerprint density at radius 1 is 0.280 bits per heavy atom. The molecule has 0 radical (unpaired) electrons. The van der Waals surface area contributed by atoms with Crippen molar-refractivity contribution in [2.24, 2.45) is 0 Å². The lowest BCUT2D eigenvalue weighted by Crippen LogP contribution is -1.92. The van der Waals surface area contributed by atoms with Crippen molar-refractivity contribution in [3.63, 3.8) is 0 Å². The average Bonchev–Trinajstić information content (AvgIpc) is 3.74. The van der Waals surface area contributed by atoms with Gasteiger partial charge in [-0.1, -0.05) is 133 Å². The second kappa shape index (κ2) is 10.4. The van der Waals surface area contributed by atoms with Gasteiger partial charge in [-0.3, -0.25) is 0 Å². The maximum atomic E-state index is 6.52. The van der Waals surface area contributed by atoms with Crippen LogP contribution in [0.2, 0.25) is 0 Å². The first-order valence-electron chi connectivity index (χ1n) is 17.1. The molecule has 50 heavy (non-hydrogen) atoms. The predicted octanol–water partition coefficient (Wildman–Crippen LogP) is 13.9. The Kier molecular flexibility index (Phi) is 5.70. The van der Waals surface area contributed by atoms with Crippen molar-refractivity contribution >= 4 is 76.2 Å². The van der Waals surface area contributed by atoms with Crippen LogP contribution in [0.5, 0.6) is 0 Å². The number of rotatable bonds is 3. The topological polar surface area (TPSA) is 26.3 Å². The third-order valence-corrected chi connectivity index (χ3v) is 10.5. The Morgan fingerprint density at radius 3 is 1.54 bits per heavy atom. The minimum Gasteiger partial charge on any atom is -0.456 e. The highest BCUT2D eigenvalue weighted by Gasteiger charge is 2.19. The molecule has 2 heterocycles. The monoisotopic (exact) mass is 636 g/mol. The van der Waals surface area contributed by atoms with Gasteiger partial charge >= 0.3 is 0 Å². The van der Waals surface area contributed by atoms with E-state index in [2.05, 4.69) is 146 Å². The van der Waals surface area contributed by atoms with E-state index < -0.39 is 0 Å². The van der Waals surface area contributed by atoms with E-state index in [0.717, 1.165) is 55.0 Å². The molecule has 0 aliphatic heterocycles. The van der Waals surface area contributed by atoms with Crippen molar-refractivity contribution in [1.82, 2.24) is 0 Å². The van der Waals surface area contributed by atoms with Crippen LogP contribution in [0.15, 0.2) is 179 Å². The number of benzene rings is 9. The molecule has 2 aromatic heterocycles. The number of hydrogen-bond acceptors (Lipinski definition) is 2. The van der Waals surface area contributed by atoms with Crippen molar-refractivity contribution < 1.29 is 8.83 Å². The summed E-state index contributed by atoms with van der Waals surface area (Å²) in [6.07, 6.45) is 0. The summed E-state index contributed by atoms with van der Waals surface area (Å²) in [4.78, 5) is 0. The van der Waals surface area contributed by atoms with Crippen LogP contribution in [0.1, 0.15) is 0 Å². The lowest BCUT2D eigenvalue weighted by molar-refractivity contribution is 0.663. The van der Waals surface area contributed by atoms with Gasteiger partial charge in [0.25, 0.3) is 0 Å². The van der Waals surface area contributed by atoms with Crippen molar-refractivity contribution in [2.75, 3.05) is 0 Å². The summed E-state index contributed by atoms with van der Waals surface area (Å²) in [5.74, 6) is 0. The van der Waals surface area contributed by atoms with E-state index in [-0.39, 0.29) is 0 Å². The van der Waals surface area contributed by atoms with Gasteiger partial charge in [-0.15, -0.1) is 0 Å². The number of hydrogen-bond donors (Lipinski definition) is 0. The highest BCUT2D eigenvalue weighted by atomic mass is 16.3. The van der Waals surface area contributed by atoms with E-state index in [9.17, 15) is 0 Å². The van der Waals surface area contributed by atoms with Gasteiger partial charge in [-0.2, -0.15) is 0 Å². The highest BCUT2D eigenvalue weighted by molar-refractivity contribution is 6.26. The van der Waals surface area contributed by atoms with Crippen LogP contribution in [0.25, 0.3) is 110 Å². The average molecular weight is 637 g/mol. The fourth-order valence-corrected chi connectivity index (χ4v) is 8.29. The van der Waals surface area contributed by atoms with Crippen LogP contribution < -0.4 is 0 Å². The molecular formula is C48H28O2.